The highest BCUT2D eigenvalue weighted by atomic mass is 32.1. The number of alkyl halides is 3. The molecule has 1 aromatic heterocycles. The van der Waals surface area contributed by atoms with Crippen molar-refractivity contribution in [3.63, 3.8) is 0 Å². The minimum absolute atomic E-state index is 0.194. The molecule has 2 rings (SSSR count). The van der Waals surface area contributed by atoms with Gasteiger partial charge in [-0.25, -0.2) is 0 Å². The summed E-state index contributed by atoms with van der Waals surface area (Å²) in [6.07, 6.45) is -5.66. The first-order chi connectivity index (χ1) is 8.21. The van der Waals surface area contributed by atoms with Crippen molar-refractivity contribution in [2.75, 3.05) is 0 Å². The van der Waals surface area contributed by atoms with Gasteiger partial charge >= 0.3 is 6.18 Å². The van der Waals surface area contributed by atoms with Crippen LogP contribution in [-0.4, -0.2) is 33.2 Å². The fraction of sp³-hybridized carbons (Fsp3) is 0.600. The third-order valence-corrected chi connectivity index (χ3v) is 3.59. The van der Waals surface area contributed by atoms with Crippen molar-refractivity contribution in [2.24, 2.45) is 0 Å². The smallest absolute Gasteiger partial charge is 0.380 e. The quantitative estimate of drug-likeness (QED) is 0.865. The predicted octanol–water partition coefficient (Wildman–Crippen LogP) is 1.64. The van der Waals surface area contributed by atoms with Gasteiger partial charge in [0.25, 0.3) is 5.91 Å². The molecule has 0 aromatic carbocycles. The Morgan fingerprint density at radius 3 is 2.67 bits per heavy atom. The summed E-state index contributed by atoms with van der Waals surface area (Å²) in [5.74, 6) is -0.506. The molecule has 1 aliphatic carbocycles. The fourth-order valence-electron chi connectivity index (χ4n) is 1.82. The summed E-state index contributed by atoms with van der Waals surface area (Å²) in [5, 5.41) is 11.6. The zero-order chi connectivity index (χ0) is 13.6. The Kier molecular flexibility index (Phi) is 3.10. The van der Waals surface area contributed by atoms with E-state index in [1.807, 2.05) is 0 Å². The van der Waals surface area contributed by atoms with Gasteiger partial charge in [0.15, 0.2) is 5.60 Å². The molecule has 1 fully saturated rings. The van der Waals surface area contributed by atoms with E-state index < -0.39 is 36.6 Å². The van der Waals surface area contributed by atoms with E-state index in [1.54, 1.807) is 13.0 Å². The van der Waals surface area contributed by atoms with Gasteiger partial charge in [0.05, 0.1) is 0 Å². The van der Waals surface area contributed by atoms with E-state index in [4.69, 9.17) is 0 Å². The maximum absolute atomic E-state index is 12.3. The van der Waals surface area contributed by atoms with Crippen LogP contribution in [0.3, 0.4) is 0 Å². The first kappa shape index (κ1) is 13.3. The fourth-order valence-corrected chi connectivity index (χ4v) is 2.36. The number of halogens is 3. The summed E-state index contributed by atoms with van der Waals surface area (Å²) in [4.78, 5) is 12.4. The van der Waals surface area contributed by atoms with Crippen molar-refractivity contribution in [1.29, 1.82) is 0 Å². The van der Waals surface area contributed by atoms with Gasteiger partial charge in [-0.1, -0.05) is 0 Å². The lowest BCUT2D eigenvalue weighted by atomic mass is 9.75. The molecule has 1 aliphatic rings. The molecule has 0 aliphatic heterocycles. The van der Waals surface area contributed by atoms with E-state index in [2.05, 4.69) is 9.69 Å². The molecule has 18 heavy (non-hydrogen) atoms. The monoisotopic (exact) mass is 280 g/mol. The summed E-state index contributed by atoms with van der Waals surface area (Å²) in [7, 11) is 0. The lowest BCUT2D eigenvalue weighted by Gasteiger charge is -2.44. The predicted molar refractivity (Wildman–Crippen MR) is 58.3 cm³/mol. The molecule has 2 N–H and O–H groups in total. The first-order valence-corrected chi connectivity index (χ1v) is 6.02. The van der Waals surface area contributed by atoms with Crippen LogP contribution in [0, 0.1) is 6.92 Å². The Bertz CT molecular complexity index is 466. The van der Waals surface area contributed by atoms with Crippen molar-refractivity contribution < 1.29 is 23.1 Å². The topological polar surface area (TPSA) is 62.2 Å². The second-order valence-electron chi connectivity index (χ2n) is 4.43. The largest absolute Gasteiger partial charge is 0.417 e. The Balaban J connectivity index is 1.89. The summed E-state index contributed by atoms with van der Waals surface area (Å²) in [6.45, 7) is 1.78. The highest BCUT2D eigenvalue weighted by Crippen LogP contribution is 2.45. The number of nitrogens with one attached hydrogen (secondary N) is 1. The number of carbonyl (C=O) groups is 1. The van der Waals surface area contributed by atoms with Crippen LogP contribution < -0.4 is 5.32 Å². The highest BCUT2D eigenvalue weighted by molar-refractivity contribution is 7.05. The third kappa shape index (κ3) is 2.35. The van der Waals surface area contributed by atoms with Gasteiger partial charge in [-0.05, 0) is 24.5 Å². The second-order valence-corrected chi connectivity index (χ2v) is 5.44. The average Bonchev–Trinajstić information content (AvgIpc) is 2.60. The minimum atomic E-state index is -4.65. The number of carbonyl (C=O) groups excluding carboxylic acids is 1. The normalized spacial score (nSPS) is 27.7. The van der Waals surface area contributed by atoms with Gasteiger partial charge in [-0.3, -0.25) is 4.79 Å². The third-order valence-electron chi connectivity index (χ3n) is 2.89. The number of aromatic nitrogens is 1. The van der Waals surface area contributed by atoms with Gasteiger partial charge in [0, 0.05) is 23.8 Å². The molecule has 8 heteroatoms. The van der Waals surface area contributed by atoms with Crippen LogP contribution in [0.25, 0.3) is 0 Å². The molecule has 0 unspecified atom stereocenters. The number of aliphatic hydroxyl groups is 1. The number of nitrogens with zero attached hydrogens (tertiary/aromatic N) is 1. The minimum Gasteiger partial charge on any atom is -0.380 e. The van der Waals surface area contributed by atoms with Crippen LogP contribution in [0.5, 0.6) is 0 Å². The molecule has 1 amide bonds. The molecule has 0 bridgehead atoms. The number of rotatable bonds is 2. The molecule has 4 nitrogen and oxygen atoms in total. The number of amides is 1. The zero-order valence-electron chi connectivity index (χ0n) is 9.41. The number of hydrogen-bond acceptors (Lipinski definition) is 4. The van der Waals surface area contributed by atoms with Crippen molar-refractivity contribution in [2.45, 2.75) is 37.6 Å². The molecule has 1 heterocycles. The Hall–Kier alpha value is -1.15. The SMILES string of the molecule is Cc1cc(C(=O)NC2CC(O)(C(F)(F)F)C2)ns1. The van der Waals surface area contributed by atoms with Gasteiger partial charge in [-0.15, -0.1) is 0 Å². The van der Waals surface area contributed by atoms with Crippen molar-refractivity contribution >= 4 is 17.4 Å². The highest BCUT2D eigenvalue weighted by Gasteiger charge is 2.61. The summed E-state index contributed by atoms with van der Waals surface area (Å²) in [5.41, 5.74) is -2.47. The van der Waals surface area contributed by atoms with Crippen molar-refractivity contribution in [1.82, 2.24) is 9.69 Å². The van der Waals surface area contributed by atoms with Gasteiger partial charge in [0.2, 0.25) is 0 Å². The molecule has 0 spiro atoms. The van der Waals surface area contributed by atoms with Crippen molar-refractivity contribution in [3.8, 4) is 0 Å². The molecule has 1 aromatic rings. The lowest BCUT2D eigenvalue weighted by molar-refractivity contribution is -0.291. The van der Waals surface area contributed by atoms with Crippen LogP contribution in [0.1, 0.15) is 28.2 Å². The van der Waals surface area contributed by atoms with Crippen LogP contribution in [0.4, 0.5) is 13.2 Å². The zero-order valence-corrected chi connectivity index (χ0v) is 10.2. The summed E-state index contributed by atoms with van der Waals surface area (Å²) in [6, 6.07) is 0.903. The molecule has 0 radical (unpaired) electrons. The van der Waals surface area contributed by atoms with E-state index >= 15 is 0 Å². The van der Waals surface area contributed by atoms with Crippen LogP contribution in [0.15, 0.2) is 6.07 Å². The Morgan fingerprint density at radius 2 is 2.22 bits per heavy atom. The van der Waals surface area contributed by atoms with E-state index in [1.165, 1.54) is 0 Å². The first-order valence-electron chi connectivity index (χ1n) is 5.24. The maximum Gasteiger partial charge on any atom is 0.417 e. The number of aryl methyl sites for hydroxylation is 1. The standard InChI is InChI=1S/C10H11F3N2O2S/c1-5-2-7(15-18-5)8(16)14-6-3-9(17,4-6)10(11,12)13/h2,6,17H,3-4H2,1H3,(H,14,16). The van der Waals surface area contributed by atoms with E-state index in [-0.39, 0.29) is 5.69 Å². The summed E-state index contributed by atoms with van der Waals surface area (Å²) < 4.78 is 40.9. The van der Waals surface area contributed by atoms with Crippen LogP contribution >= 0.6 is 11.5 Å². The van der Waals surface area contributed by atoms with Gasteiger partial charge < -0.3 is 10.4 Å². The average molecular weight is 280 g/mol. The molecule has 1 saturated carbocycles. The van der Waals surface area contributed by atoms with E-state index in [9.17, 15) is 23.1 Å². The molecular weight excluding hydrogens is 269 g/mol. The molecule has 0 atom stereocenters. The summed E-state index contributed by atoms with van der Waals surface area (Å²) >= 11 is 1.15. The molecule has 100 valence electrons. The Morgan fingerprint density at radius 1 is 1.61 bits per heavy atom. The van der Waals surface area contributed by atoms with Crippen LogP contribution in [0.2, 0.25) is 0 Å². The number of hydrogen-bond donors (Lipinski definition) is 2. The maximum atomic E-state index is 12.3. The lowest BCUT2D eigenvalue weighted by Crippen LogP contribution is -2.62. The Labute approximate surface area is 105 Å². The van der Waals surface area contributed by atoms with E-state index in [0.717, 1.165) is 16.4 Å². The van der Waals surface area contributed by atoms with Crippen LogP contribution in [-0.2, 0) is 0 Å². The van der Waals surface area contributed by atoms with Gasteiger partial charge in [0.1, 0.15) is 5.69 Å². The van der Waals surface area contributed by atoms with E-state index in [0.29, 0.717) is 0 Å². The van der Waals surface area contributed by atoms with Gasteiger partial charge in [-0.2, -0.15) is 17.5 Å². The van der Waals surface area contributed by atoms with Crippen molar-refractivity contribution in [3.05, 3.63) is 16.6 Å². The second kappa shape index (κ2) is 4.20. The molecule has 0 saturated heterocycles. The molecular formula is C10H11F3N2O2S.